The molecule has 3 rings (SSSR count). The Morgan fingerprint density at radius 2 is 1.79 bits per heavy atom. The predicted molar refractivity (Wildman–Crippen MR) is 91.1 cm³/mol. The summed E-state index contributed by atoms with van der Waals surface area (Å²) in [6.07, 6.45) is 1.19. The Labute approximate surface area is 143 Å². The number of carbonyl (C=O) groups excluding carboxylic acids is 1. The van der Waals surface area contributed by atoms with Gasteiger partial charge in [-0.3, -0.25) is 10.1 Å². The van der Waals surface area contributed by atoms with E-state index in [1.807, 2.05) is 35.2 Å². The first kappa shape index (κ1) is 17.3. The highest BCUT2D eigenvalue weighted by Gasteiger charge is 2.48. The third-order valence-electron chi connectivity index (χ3n) is 4.91. The summed E-state index contributed by atoms with van der Waals surface area (Å²) in [7, 11) is -0.320. The van der Waals surface area contributed by atoms with E-state index in [-0.39, 0.29) is 5.91 Å². The number of nitrogens with zero attached hydrogens (tertiary/aromatic N) is 3. The Morgan fingerprint density at radius 3 is 2.38 bits per heavy atom. The van der Waals surface area contributed by atoms with Crippen molar-refractivity contribution in [1.29, 1.82) is 0 Å². The van der Waals surface area contributed by atoms with Crippen molar-refractivity contribution in [2.75, 3.05) is 33.7 Å². The average molecular weight is 352 g/mol. The number of rotatable bonds is 4. The summed E-state index contributed by atoms with van der Waals surface area (Å²) in [5, 5.41) is 3.33. The topological polar surface area (TPSA) is 73.0 Å². The lowest BCUT2D eigenvalue weighted by molar-refractivity contribution is -0.132. The van der Waals surface area contributed by atoms with E-state index in [4.69, 9.17) is 0 Å². The zero-order valence-corrected chi connectivity index (χ0v) is 14.9. The molecule has 1 amide bonds. The first-order valence-corrected chi connectivity index (χ1v) is 9.52. The molecule has 2 saturated heterocycles. The molecular weight excluding hydrogens is 328 g/mol. The van der Waals surface area contributed by atoms with Crippen LogP contribution in [-0.4, -0.2) is 67.2 Å². The summed E-state index contributed by atoms with van der Waals surface area (Å²) < 4.78 is 27.3. The number of hydrogen-bond acceptors (Lipinski definition) is 4. The molecule has 0 saturated carbocycles. The van der Waals surface area contributed by atoms with Gasteiger partial charge >= 0.3 is 0 Å². The third-order valence-corrected chi connectivity index (χ3v) is 6.85. The van der Waals surface area contributed by atoms with Crippen LogP contribution < -0.4 is 5.32 Å². The van der Waals surface area contributed by atoms with Crippen LogP contribution >= 0.6 is 0 Å². The number of carbonyl (C=O) groups is 1. The monoisotopic (exact) mass is 352 g/mol. The van der Waals surface area contributed by atoms with Gasteiger partial charge in [-0.05, 0) is 18.4 Å². The Morgan fingerprint density at radius 1 is 1.17 bits per heavy atom. The molecular formula is C16H24N4O3S. The highest BCUT2D eigenvalue weighted by Crippen LogP contribution is 2.32. The summed E-state index contributed by atoms with van der Waals surface area (Å²) in [6.45, 7) is 1.68. The second kappa shape index (κ2) is 6.44. The lowest BCUT2D eigenvalue weighted by Crippen LogP contribution is -2.59. The maximum atomic E-state index is 12.4. The molecule has 7 nitrogen and oxygen atoms in total. The molecule has 0 unspecified atom stereocenters. The third kappa shape index (κ3) is 3.06. The van der Waals surface area contributed by atoms with Gasteiger partial charge in [0, 0.05) is 33.7 Å². The van der Waals surface area contributed by atoms with Crippen molar-refractivity contribution in [3.05, 3.63) is 35.9 Å². The second-order valence-electron chi connectivity index (χ2n) is 6.54. The van der Waals surface area contributed by atoms with Gasteiger partial charge in [-0.15, -0.1) is 0 Å². The SMILES string of the molecule is CN(C)S(=O)(=O)N1CCC2(CC1)NCC(=O)N2Cc1ccccc1. The highest BCUT2D eigenvalue weighted by molar-refractivity contribution is 7.86. The second-order valence-corrected chi connectivity index (χ2v) is 8.68. The minimum atomic E-state index is -3.40. The number of nitrogens with one attached hydrogen (secondary N) is 1. The van der Waals surface area contributed by atoms with E-state index < -0.39 is 15.9 Å². The minimum Gasteiger partial charge on any atom is -0.319 e. The molecule has 2 aliphatic heterocycles. The van der Waals surface area contributed by atoms with Gasteiger partial charge in [-0.2, -0.15) is 17.0 Å². The number of piperidine rings is 1. The quantitative estimate of drug-likeness (QED) is 0.841. The van der Waals surface area contributed by atoms with Crippen molar-refractivity contribution in [2.45, 2.75) is 25.0 Å². The standard InChI is InChI=1S/C16H24N4O3S/c1-18(2)24(22,23)19-10-8-16(9-11-19)17-12-15(21)20(16)13-14-6-4-3-5-7-14/h3-7,17H,8-13H2,1-2H3. The van der Waals surface area contributed by atoms with Crippen LogP contribution in [0.25, 0.3) is 0 Å². The van der Waals surface area contributed by atoms with Crippen LogP contribution in [-0.2, 0) is 21.5 Å². The van der Waals surface area contributed by atoms with Gasteiger partial charge in [0.1, 0.15) is 0 Å². The van der Waals surface area contributed by atoms with Crippen LogP contribution in [0.4, 0.5) is 0 Å². The summed E-state index contributed by atoms with van der Waals surface area (Å²) in [4.78, 5) is 14.2. The van der Waals surface area contributed by atoms with Crippen LogP contribution in [0.1, 0.15) is 18.4 Å². The lowest BCUT2D eigenvalue weighted by atomic mass is 9.97. The lowest BCUT2D eigenvalue weighted by Gasteiger charge is -2.44. The van der Waals surface area contributed by atoms with E-state index >= 15 is 0 Å². The Hall–Kier alpha value is -1.48. The predicted octanol–water partition coefficient (Wildman–Crippen LogP) is 0.217. The first-order valence-electron chi connectivity index (χ1n) is 8.12. The van der Waals surface area contributed by atoms with Crippen molar-refractivity contribution in [2.24, 2.45) is 0 Å². The van der Waals surface area contributed by atoms with E-state index in [0.29, 0.717) is 39.0 Å². The summed E-state index contributed by atoms with van der Waals surface area (Å²) in [5.74, 6) is 0.0720. The molecule has 1 aromatic carbocycles. The fourth-order valence-corrected chi connectivity index (χ4v) is 4.55. The van der Waals surface area contributed by atoms with Crippen LogP contribution in [0.15, 0.2) is 30.3 Å². The average Bonchev–Trinajstić information content (AvgIpc) is 2.86. The molecule has 0 aromatic heterocycles. The van der Waals surface area contributed by atoms with Crippen LogP contribution in [0.3, 0.4) is 0 Å². The molecule has 2 heterocycles. The van der Waals surface area contributed by atoms with Crippen molar-refractivity contribution >= 4 is 16.1 Å². The molecule has 1 spiro atoms. The van der Waals surface area contributed by atoms with Crippen molar-refractivity contribution in [3.63, 3.8) is 0 Å². The van der Waals surface area contributed by atoms with Crippen molar-refractivity contribution < 1.29 is 13.2 Å². The molecule has 0 bridgehead atoms. The molecule has 2 fully saturated rings. The van der Waals surface area contributed by atoms with E-state index in [1.165, 1.54) is 8.61 Å². The molecule has 8 heteroatoms. The molecule has 1 N–H and O–H groups in total. The van der Waals surface area contributed by atoms with Gasteiger partial charge in [0.25, 0.3) is 10.2 Å². The van der Waals surface area contributed by atoms with Crippen molar-refractivity contribution in [3.8, 4) is 0 Å². The molecule has 132 valence electrons. The van der Waals surface area contributed by atoms with Crippen LogP contribution in [0.5, 0.6) is 0 Å². The molecule has 0 radical (unpaired) electrons. The van der Waals surface area contributed by atoms with Gasteiger partial charge < -0.3 is 4.90 Å². The fourth-order valence-electron chi connectivity index (χ4n) is 3.44. The Balaban J connectivity index is 1.75. The Kier molecular flexibility index (Phi) is 4.65. The normalized spacial score (nSPS) is 21.8. The van der Waals surface area contributed by atoms with Gasteiger partial charge in [0.15, 0.2) is 0 Å². The zero-order valence-electron chi connectivity index (χ0n) is 14.1. The number of amides is 1. The highest BCUT2D eigenvalue weighted by atomic mass is 32.2. The summed E-state index contributed by atoms with van der Waals surface area (Å²) >= 11 is 0. The maximum Gasteiger partial charge on any atom is 0.281 e. The summed E-state index contributed by atoms with van der Waals surface area (Å²) in [6, 6.07) is 9.88. The van der Waals surface area contributed by atoms with Crippen LogP contribution in [0, 0.1) is 0 Å². The van der Waals surface area contributed by atoms with Gasteiger partial charge in [-0.25, -0.2) is 0 Å². The van der Waals surface area contributed by atoms with Crippen molar-refractivity contribution in [1.82, 2.24) is 18.8 Å². The molecule has 0 atom stereocenters. The maximum absolute atomic E-state index is 12.4. The molecule has 24 heavy (non-hydrogen) atoms. The first-order chi connectivity index (χ1) is 11.3. The summed E-state index contributed by atoms with van der Waals surface area (Å²) in [5.41, 5.74) is 0.642. The largest absolute Gasteiger partial charge is 0.319 e. The Bertz CT molecular complexity index is 697. The van der Waals surface area contributed by atoms with Gasteiger partial charge in [0.05, 0.1) is 12.2 Å². The van der Waals surface area contributed by atoms with Gasteiger partial charge in [-0.1, -0.05) is 30.3 Å². The van der Waals surface area contributed by atoms with E-state index in [1.54, 1.807) is 14.1 Å². The molecule has 2 aliphatic rings. The van der Waals surface area contributed by atoms with E-state index in [0.717, 1.165) is 5.56 Å². The molecule has 0 aliphatic carbocycles. The molecule has 1 aromatic rings. The zero-order chi connectivity index (χ0) is 17.4. The smallest absolute Gasteiger partial charge is 0.281 e. The number of benzene rings is 1. The van der Waals surface area contributed by atoms with E-state index in [2.05, 4.69) is 5.32 Å². The van der Waals surface area contributed by atoms with Crippen LogP contribution in [0.2, 0.25) is 0 Å². The van der Waals surface area contributed by atoms with E-state index in [9.17, 15) is 13.2 Å². The minimum absolute atomic E-state index is 0.0720. The number of hydrogen-bond donors (Lipinski definition) is 1. The van der Waals surface area contributed by atoms with Gasteiger partial charge in [0.2, 0.25) is 5.91 Å². The fraction of sp³-hybridized carbons (Fsp3) is 0.562.